The standard InChI is InChI=1S/C9H15N3O/c1-2-3-13-7-9-11-5-8(4-10)6-12-9/h5-6H,2-4,7,10H2,1H3. The minimum atomic E-state index is 0.482. The third kappa shape index (κ3) is 3.48. The van der Waals surface area contributed by atoms with Crippen molar-refractivity contribution in [2.75, 3.05) is 6.61 Å². The first kappa shape index (κ1) is 10.1. The number of hydrogen-bond donors (Lipinski definition) is 1. The molecule has 0 aliphatic carbocycles. The van der Waals surface area contributed by atoms with Crippen LogP contribution in [0.15, 0.2) is 12.4 Å². The lowest BCUT2D eigenvalue weighted by Gasteiger charge is -2.01. The molecule has 4 heteroatoms. The van der Waals surface area contributed by atoms with Crippen LogP contribution in [-0.4, -0.2) is 16.6 Å². The van der Waals surface area contributed by atoms with E-state index in [2.05, 4.69) is 16.9 Å². The molecular formula is C9H15N3O. The average molecular weight is 181 g/mol. The van der Waals surface area contributed by atoms with Gasteiger partial charge in [0.1, 0.15) is 6.61 Å². The Morgan fingerprint density at radius 3 is 2.62 bits per heavy atom. The summed E-state index contributed by atoms with van der Waals surface area (Å²) >= 11 is 0. The van der Waals surface area contributed by atoms with Gasteiger partial charge in [0.25, 0.3) is 0 Å². The van der Waals surface area contributed by atoms with Crippen molar-refractivity contribution in [3.05, 3.63) is 23.8 Å². The van der Waals surface area contributed by atoms with Crippen molar-refractivity contribution >= 4 is 0 Å². The van der Waals surface area contributed by atoms with Crippen molar-refractivity contribution in [2.24, 2.45) is 5.73 Å². The zero-order valence-corrected chi connectivity index (χ0v) is 7.86. The second-order valence-electron chi connectivity index (χ2n) is 2.76. The lowest BCUT2D eigenvalue weighted by molar-refractivity contribution is 0.116. The van der Waals surface area contributed by atoms with Gasteiger partial charge >= 0.3 is 0 Å². The van der Waals surface area contributed by atoms with Gasteiger partial charge in [-0.2, -0.15) is 0 Å². The zero-order chi connectivity index (χ0) is 9.52. The number of nitrogens with two attached hydrogens (primary N) is 1. The maximum absolute atomic E-state index is 5.41. The Balaban J connectivity index is 2.40. The number of ether oxygens (including phenoxy) is 1. The Morgan fingerprint density at radius 2 is 2.08 bits per heavy atom. The van der Waals surface area contributed by atoms with Gasteiger partial charge in [-0.15, -0.1) is 0 Å². The van der Waals surface area contributed by atoms with E-state index in [1.807, 2.05) is 0 Å². The molecule has 4 nitrogen and oxygen atoms in total. The second-order valence-corrected chi connectivity index (χ2v) is 2.76. The van der Waals surface area contributed by atoms with Gasteiger partial charge in [0.2, 0.25) is 0 Å². The molecule has 1 aromatic rings. The molecule has 0 amide bonds. The van der Waals surface area contributed by atoms with Crippen molar-refractivity contribution in [2.45, 2.75) is 26.5 Å². The molecule has 0 fully saturated rings. The largest absolute Gasteiger partial charge is 0.373 e. The summed E-state index contributed by atoms with van der Waals surface area (Å²) in [6.45, 7) is 3.79. The van der Waals surface area contributed by atoms with Gasteiger partial charge < -0.3 is 10.5 Å². The maximum Gasteiger partial charge on any atom is 0.153 e. The fourth-order valence-corrected chi connectivity index (χ4v) is 0.869. The van der Waals surface area contributed by atoms with Crippen LogP contribution < -0.4 is 5.73 Å². The van der Waals surface area contributed by atoms with Gasteiger partial charge in [-0.3, -0.25) is 0 Å². The summed E-state index contributed by atoms with van der Waals surface area (Å²) in [5, 5.41) is 0. The first-order valence-electron chi connectivity index (χ1n) is 4.44. The maximum atomic E-state index is 5.41. The van der Waals surface area contributed by atoms with Gasteiger partial charge in [-0.05, 0) is 6.42 Å². The lowest BCUT2D eigenvalue weighted by atomic mass is 10.3. The van der Waals surface area contributed by atoms with Gasteiger partial charge in [-0.25, -0.2) is 9.97 Å². The second kappa shape index (κ2) is 5.61. The Labute approximate surface area is 78.1 Å². The van der Waals surface area contributed by atoms with E-state index in [0.717, 1.165) is 18.6 Å². The number of aromatic nitrogens is 2. The fraction of sp³-hybridized carbons (Fsp3) is 0.556. The van der Waals surface area contributed by atoms with Gasteiger partial charge in [-0.1, -0.05) is 6.92 Å². The van der Waals surface area contributed by atoms with Crippen LogP contribution in [0.1, 0.15) is 24.7 Å². The van der Waals surface area contributed by atoms with Crippen molar-refractivity contribution < 1.29 is 4.74 Å². The van der Waals surface area contributed by atoms with Crippen molar-refractivity contribution in [1.29, 1.82) is 0 Å². The van der Waals surface area contributed by atoms with Crippen LogP contribution in [0.4, 0.5) is 0 Å². The molecule has 0 saturated carbocycles. The topological polar surface area (TPSA) is 61.0 Å². The highest BCUT2D eigenvalue weighted by molar-refractivity contribution is 5.03. The quantitative estimate of drug-likeness (QED) is 0.684. The first-order valence-corrected chi connectivity index (χ1v) is 4.44. The van der Waals surface area contributed by atoms with Crippen LogP contribution in [0, 0.1) is 0 Å². The highest BCUT2D eigenvalue weighted by Crippen LogP contribution is 1.96. The van der Waals surface area contributed by atoms with E-state index in [4.69, 9.17) is 10.5 Å². The molecule has 0 unspecified atom stereocenters. The summed E-state index contributed by atoms with van der Waals surface area (Å²) in [5.74, 6) is 0.714. The number of rotatable bonds is 5. The Hall–Kier alpha value is -1.00. The summed E-state index contributed by atoms with van der Waals surface area (Å²) in [5.41, 5.74) is 6.35. The predicted molar refractivity (Wildman–Crippen MR) is 49.9 cm³/mol. The number of nitrogens with zero attached hydrogens (tertiary/aromatic N) is 2. The molecule has 0 radical (unpaired) electrons. The number of hydrogen-bond acceptors (Lipinski definition) is 4. The molecule has 1 aromatic heterocycles. The van der Waals surface area contributed by atoms with Crippen molar-refractivity contribution in [3.8, 4) is 0 Å². The summed E-state index contributed by atoms with van der Waals surface area (Å²) in [6.07, 6.45) is 4.48. The van der Waals surface area contributed by atoms with Gasteiger partial charge in [0.15, 0.2) is 5.82 Å². The third-order valence-corrected chi connectivity index (χ3v) is 1.57. The van der Waals surface area contributed by atoms with Crippen LogP contribution in [0.2, 0.25) is 0 Å². The first-order chi connectivity index (χ1) is 6.36. The minimum Gasteiger partial charge on any atom is -0.373 e. The third-order valence-electron chi connectivity index (χ3n) is 1.57. The van der Waals surface area contributed by atoms with E-state index in [9.17, 15) is 0 Å². The van der Waals surface area contributed by atoms with E-state index in [-0.39, 0.29) is 0 Å². The molecule has 13 heavy (non-hydrogen) atoms. The molecule has 1 heterocycles. The van der Waals surface area contributed by atoms with Crippen LogP contribution >= 0.6 is 0 Å². The molecule has 0 aromatic carbocycles. The minimum absolute atomic E-state index is 0.482. The molecular weight excluding hydrogens is 166 g/mol. The lowest BCUT2D eigenvalue weighted by Crippen LogP contribution is -2.03. The SMILES string of the molecule is CCCOCc1ncc(CN)cn1. The molecule has 2 N–H and O–H groups in total. The molecule has 1 rings (SSSR count). The van der Waals surface area contributed by atoms with E-state index < -0.39 is 0 Å². The van der Waals surface area contributed by atoms with Crippen LogP contribution in [0.5, 0.6) is 0 Å². The molecule has 0 bridgehead atoms. The van der Waals surface area contributed by atoms with E-state index in [1.165, 1.54) is 0 Å². The van der Waals surface area contributed by atoms with Gasteiger partial charge in [0.05, 0.1) is 0 Å². The molecule has 72 valence electrons. The zero-order valence-electron chi connectivity index (χ0n) is 7.86. The Bertz CT molecular complexity index is 235. The summed E-state index contributed by atoms with van der Waals surface area (Å²) in [7, 11) is 0. The van der Waals surface area contributed by atoms with Gasteiger partial charge in [0, 0.05) is 31.1 Å². The predicted octanol–water partition coefficient (Wildman–Crippen LogP) is 0.862. The summed E-state index contributed by atoms with van der Waals surface area (Å²) < 4.78 is 5.29. The summed E-state index contributed by atoms with van der Waals surface area (Å²) in [4.78, 5) is 8.21. The average Bonchev–Trinajstić information content (AvgIpc) is 2.19. The van der Waals surface area contributed by atoms with Crippen LogP contribution in [0.3, 0.4) is 0 Å². The monoisotopic (exact) mass is 181 g/mol. The van der Waals surface area contributed by atoms with E-state index in [0.29, 0.717) is 19.0 Å². The molecule has 0 atom stereocenters. The van der Waals surface area contributed by atoms with Crippen molar-refractivity contribution in [3.63, 3.8) is 0 Å². The van der Waals surface area contributed by atoms with E-state index >= 15 is 0 Å². The van der Waals surface area contributed by atoms with Crippen molar-refractivity contribution in [1.82, 2.24) is 9.97 Å². The molecule has 0 aliphatic rings. The van der Waals surface area contributed by atoms with Crippen LogP contribution in [-0.2, 0) is 17.9 Å². The molecule has 0 saturated heterocycles. The molecule has 0 spiro atoms. The van der Waals surface area contributed by atoms with E-state index in [1.54, 1.807) is 12.4 Å². The van der Waals surface area contributed by atoms with Crippen LogP contribution in [0.25, 0.3) is 0 Å². The smallest absolute Gasteiger partial charge is 0.153 e. The fourth-order valence-electron chi connectivity index (χ4n) is 0.869. The Morgan fingerprint density at radius 1 is 1.38 bits per heavy atom. The molecule has 0 aliphatic heterocycles. The summed E-state index contributed by atoms with van der Waals surface area (Å²) in [6, 6.07) is 0. The Kier molecular flexibility index (Phi) is 4.35. The highest BCUT2D eigenvalue weighted by atomic mass is 16.5. The highest BCUT2D eigenvalue weighted by Gasteiger charge is 1.95. The normalized spacial score (nSPS) is 10.3.